The average Bonchev–Trinajstić information content (AvgIpc) is 2.96. The minimum Gasteiger partial charge on any atom is -0.335 e. The Kier molecular flexibility index (Phi) is 5.74. The first-order valence-corrected chi connectivity index (χ1v) is 7.32. The maximum Gasteiger partial charge on any atom is 0.319 e. The third-order valence-electron chi connectivity index (χ3n) is 3.08. The summed E-state index contributed by atoms with van der Waals surface area (Å²) in [5.74, 6) is -0.269. The minimum absolute atomic E-state index is 0.0379. The van der Waals surface area contributed by atoms with Crippen LogP contribution >= 0.6 is 23.2 Å². The average molecular weight is 360 g/mol. The van der Waals surface area contributed by atoms with Gasteiger partial charge in [0.25, 0.3) is 0 Å². The summed E-state index contributed by atoms with van der Waals surface area (Å²) in [7, 11) is 1.50. The third-order valence-corrected chi connectivity index (χ3v) is 3.66. The van der Waals surface area contributed by atoms with Crippen LogP contribution in [0.15, 0.2) is 36.7 Å². The fourth-order valence-corrected chi connectivity index (χ4v) is 2.23. The lowest BCUT2D eigenvalue weighted by Gasteiger charge is -2.15. The quantitative estimate of drug-likeness (QED) is 0.748. The zero-order valence-electron chi connectivity index (χ0n) is 12.1. The standard InChI is InChI=1S/C15H13Cl2F2N3O/c1-21(9-13-20-6-7-22(13)15(18)19)14(23)5-2-10-8-11(16)3-4-12(10)17/h2-8,15H,9H2,1H3/b5-2+. The van der Waals surface area contributed by atoms with E-state index < -0.39 is 6.55 Å². The van der Waals surface area contributed by atoms with Crippen molar-refractivity contribution in [2.24, 2.45) is 0 Å². The Bertz CT molecular complexity index is 731. The molecule has 0 atom stereocenters. The Morgan fingerprint density at radius 1 is 1.43 bits per heavy atom. The zero-order valence-corrected chi connectivity index (χ0v) is 13.6. The van der Waals surface area contributed by atoms with E-state index in [1.807, 2.05) is 0 Å². The van der Waals surface area contributed by atoms with Crippen LogP contribution in [0.3, 0.4) is 0 Å². The van der Waals surface area contributed by atoms with Crippen molar-refractivity contribution < 1.29 is 13.6 Å². The second-order valence-electron chi connectivity index (χ2n) is 4.72. The topological polar surface area (TPSA) is 38.1 Å². The number of benzene rings is 1. The number of amides is 1. The fourth-order valence-electron chi connectivity index (χ4n) is 1.86. The van der Waals surface area contributed by atoms with Gasteiger partial charge in [0.05, 0.1) is 6.54 Å². The highest BCUT2D eigenvalue weighted by molar-refractivity contribution is 6.34. The highest BCUT2D eigenvalue weighted by Crippen LogP contribution is 2.22. The molecule has 1 amide bonds. The SMILES string of the molecule is CN(Cc1nccn1C(F)F)C(=O)/C=C/c1cc(Cl)ccc1Cl. The van der Waals surface area contributed by atoms with Gasteiger partial charge in [0.2, 0.25) is 5.91 Å². The van der Waals surface area contributed by atoms with E-state index in [9.17, 15) is 13.6 Å². The Morgan fingerprint density at radius 2 is 2.17 bits per heavy atom. The van der Waals surface area contributed by atoms with E-state index in [2.05, 4.69) is 4.98 Å². The molecule has 0 saturated carbocycles. The Hall–Kier alpha value is -1.92. The summed E-state index contributed by atoms with van der Waals surface area (Å²) in [4.78, 5) is 17.2. The molecule has 2 aromatic rings. The summed E-state index contributed by atoms with van der Waals surface area (Å²) >= 11 is 11.9. The predicted octanol–water partition coefficient (Wildman–Crippen LogP) is 4.26. The molecule has 8 heteroatoms. The highest BCUT2D eigenvalue weighted by Gasteiger charge is 2.14. The van der Waals surface area contributed by atoms with E-state index in [1.54, 1.807) is 18.2 Å². The number of imidazole rings is 1. The van der Waals surface area contributed by atoms with Crippen LogP contribution in [-0.4, -0.2) is 27.4 Å². The van der Waals surface area contributed by atoms with Crippen LogP contribution in [0, 0.1) is 0 Å². The van der Waals surface area contributed by atoms with Crippen molar-refractivity contribution in [3.63, 3.8) is 0 Å². The molecular weight excluding hydrogens is 347 g/mol. The number of rotatable bonds is 5. The van der Waals surface area contributed by atoms with Crippen molar-refractivity contribution in [3.05, 3.63) is 58.1 Å². The zero-order chi connectivity index (χ0) is 17.0. The van der Waals surface area contributed by atoms with Gasteiger partial charge in [-0.05, 0) is 29.8 Å². The lowest BCUT2D eigenvalue weighted by Crippen LogP contribution is -2.26. The maximum absolute atomic E-state index is 12.7. The molecule has 1 heterocycles. The van der Waals surface area contributed by atoms with Crippen molar-refractivity contribution in [1.82, 2.24) is 14.5 Å². The number of likely N-dealkylation sites (N-methyl/N-ethyl adjacent to an activating group) is 1. The molecule has 0 spiro atoms. The van der Waals surface area contributed by atoms with E-state index in [0.717, 1.165) is 0 Å². The number of carbonyl (C=O) groups excluding carboxylic acids is 1. The van der Waals surface area contributed by atoms with Crippen LogP contribution in [0.5, 0.6) is 0 Å². The van der Waals surface area contributed by atoms with Gasteiger partial charge in [-0.2, -0.15) is 8.78 Å². The second-order valence-corrected chi connectivity index (χ2v) is 5.57. The minimum atomic E-state index is -2.70. The fraction of sp³-hybridized carbons (Fsp3) is 0.200. The molecule has 122 valence electrons. The first kappa shape index (κ1) is 17.4. The van der Waals surface area contributed by atoms with Crippen LogP contribution in [0.25, 0.3) is 6.08 Å². The first-order chi connectivity index (χ1) is 10.9. The van der Waals surface area contributed by atoms with E-state index in [4.69, 9.17) is 23.2 Å². The van der Waals surface area contributed by atoms with Crippen molar-refractivity contribution in [1.29, 1.82) is 0 Å². The van der Waals surface area contributed by atoms with Crippen molar-refractivity contribution in [2.45, 2.75) is 13.1 Å². The maximum atomic E-state index is 12.7. The number of alkyl halides is 2. The highest BCUT2D eigenvalue weighted by atomic mass is 35.5. The smallest absolute Gasteiger partial charge is 0.319 e. The van der Waals surface area contributed by atoms with Crippen LogP contribution in [0.1, 0.15) is 17.9 Å². The summed E-state index contributed by atoms with van der Waals surface area (Å²) in [5, 5.41) is 0.947. The van der Waals surface area contributed by atoms with Crippen LogP contribution in [0.2, 0.25) is 10.0 Å². The summed E-state index contributed by atoms with van der Waals surface area (Å²) in [6.07, 6.45) is 5.25. The number of aromatic nitrogens is 2. The molecule has 0 aliphatic rings. The van der Waals surface area contributed by atoms with Crippen molar-refractivity contribution >= 4 is 35.2 Å². The van der Waals surface area contributed by atoms with Gasteiger partial charge < -0.3 is 4.90 Å². The molecule has 0 aliphatic carbocycles. The van der Waals surface area contributed by atoms with Crippen molar-refractivity contribution in [2.75, 3.05) is 7.05 Å². The van der Waals surface area contributed by atoms with Gasteiger partial charge >= 0.3 is 6.55 Å². The molecule has 0 bridgehead atoms. The molecule has 1 aromatic carbocycles. The second kappa shape index (κ2) is 7.57. The number of hydrogen-bond donors (Lipinski definition) is 0. The molecule has 2 rings (SSSR count). The molecule has 0 aliphatic heterocycles. The Morgan fingerprint density at radius 3 is 2.87 bits per heavy atom. The molecule has 0 radical (unpaired) electrons. The van der Waals surface area contributed by atoms with Gasteiger partial charge in [-0.15, -0.1) is 0 Å². The van der Waals surface area contributed by atoms with Crippen LogP contribution in [0.4, 0.5) is 8.78 Å². The summed E-state index contributed by atoms with van der Waals surface area (Å²) in [6, 6.07) is 4.88. The molecular formula is C15H13Cl2F2N3O. The summed E-state index contributed by atoms with van der Waals surface area (Å²) in [6.45, 7) is -2.74. The summed E-state index contributed by atoms with van der Waals surface area (Å²) in [5.41, 5.74) is 0.593. The van der Waals surface area contributed by atoms with Gasteiger partial charge in [0, 0.05) is 35.6 Å². The largest absolute Gasteiger partial charge is 0.335 e. The number of halogens is 4. The Labute approximate surface area is 141 Å². The monoisotopic (exact) mass is 359 g/mol. The van der Waals surface area contributed by atoms with Gasteiger partial charge in [-0.3, -0.25) is 9.36 Å². The van der Waals surface area contributed by atoms with Gasteiger partial charge in [0.1, 0.15) is 5.82 Å². The van der Waals surface area contributed by atoms with E-state index in [-0.39, 0.29) is 18.3 Å². The summed E-state index contributed by atoms with van der Waals surface area (Å²) < 4.78 is 26.2. The normalized spacial score (nSPS) is 11.4. The van der Waals surface area contributed by atoms with Crippen molar-refractivity contribution in [3.8, 4) is 0 Å². The molecule has 4 nitrogen and oxygen atoms in total. The van der Waals surface area contributed by atoms with E-state index in [1.165, 1.54) is 36.5 Å². The van der Waals surface area contributed by atoms with Crippen LogP contribution in [-0.2, 0) is 11.3 Å². The number of hydrogen-bond acceptors (Lipinski definition) is 2. The lowest BCUT2D eigenvalue weighted by atomic mass is 10.2. The number of carbonyl (C=O) groups is 1. The van der Waals surface area contributed by atoms with Gasteiger partial charge in [-0.25, -0.2) is 4.98 Å². The first-order valence-electron chi connectivity index (χ1n) is 6.56. The molecule has 0 unspecified atom stereocenters. The van der Waals surface area contributed by atoms with Gasteiger partial charge in [0.15, 0.2) is 0 Å². The third kappa shape index (κ3) is 4.53. The number of nitrogens with zero attached hydrogens (tertiary/aromatic N) is 3. The molecule has 0 N–H and O–H groups in total. The van der Waals surface area contributed by atoms with Gasteiger partial charge in [-0.1, -0.05) is 23.2 Å². The van der Waals surface area contributed by atoms with Crippen LogP contribution < -0.4 is 0 Å². The van der Waals surface area contributed by atoms with E-state index >= 15 is 0 Å². The molecule has 0 fully saturated rings. The molecule has 1 aromatic heterocycles. The van der Waals surface area contributed by atoms with E-state index in [0.29, 0.717) is 20.2 Å². The predicted molar refractivity (Wildman–Crippen MR) is 85.5 cm³/mol. The Balaban J connectivity index is 2.06. The lowest BCUT2D eigenvalue weighted by molar-refractivity contribution is -0.125. The molecule has 23 heavy (non-hydrogen) atoms. The molecule has 0 saturated heterocycles.